The van der Waals surface area contributed by atoms with Crippen LogP contribution >= 0.6 is 0 Å². The number of piperidine rings is 1. The summed E-state index contributed by atoms with van der Waals surface area (Å²) in [5.41, 5.74) is 8.49. The Labute approximate surface area is 191 Å². The molecule has 2 aliphatic heterocycles. The molecular formula is C25H37N5O2. The Morgan fingerprint density at radius 3 is 2.50 bits per heavy atom. The SMILES string of the molecule is Cc1ccc2nc(N3CCC(NC4CC(C)OC(C)C4)CC3)c(C(=O)NC(C)N)cc2c1. The zero-order chi connectivity index (χ0) is 22.8. The summed E-state index contributed by atoms with van der Waals surface area (Å²) in [6.45, 7) is 9.88. The Morgan fingerprint density at radius 2 is 1.84 bits per heavy atom. The number of rotatable bonds is 5. The molecule has 2 aromatic rings. The molecule has 1 aromatic carbocycles. The lowest BCUT2D eigenvalue weighted by molar-refractivity contribution is -0.0439. The van der Waals surface area contributed by atoms with Gasteiger partial charge in [-0.05, 0) is 71.6 Å². The van der Waals surface area contributed by atoms with Crippen molar-refractivity contribution in [1.29, 1.82) is 0 Å². The van der Waals surface area contributed by atoms with Gasteiger partial charge in [-0.15, -0.1) is 0 Å². The summed E-state index contributed by atoms with van der Waals surface area (Å²) in [7, 11) is 0. The van der Waals surface area contributed by atoms with E-state index in [2.05, 4.69) is 41.5 Å². The zero-order valence-electron chi connectivity index (χ0n) is 19.7. The van der Waals surface area contributed by atoms with Gasteiger partial charge in [0, 0.05) is 30.6 Å². The van der Waals surface area contributed by atoms with Crippen molar-refractivity contribution in [2.24, 2.45) is 5.73 Å². The number of nitrogens with zero attached hydrogens (tertiary/aromatic N) is 2. The van der Waals surface area contributed by atoms with E-state index in [1.54, 1.807) is 6.92 Å². The summed E-state index contributed by atoms with van der Waals surface area (Å²) in [4.78, 5) is 20.1. The smallest absolute Gasteiger partial charge is 0.256 e. The number of fused-ring (bicyclic) bond motifs is 1. The van der Waals surface area contributed by atoms with Crippen molar-refractivity contribution in [3.05, 3.63) is 35.4 Å². The standard InChI is InChI=1S/C25H37N5O2/c1-15-5-6-23-19(11-15)14-22(25(31)27-18(4)26)24(29-23)30-9-7-20(8-10-30)28-21-12-16(2)32-17(3)13-21/h5-6,11,14,16-18,20-21,28H,7-10,12-13,26H2,1-4H3,(H,27,31). The van der Waals surface area contributed by atoms with E-state index in [9.17, 15) is 4.79 Å². The van der Waals surface area contributed by atoms with E-state index in [1.807, 2.05) is 19.1 Å². The van der Waals surface area contributed by atoms with Gasteiger partial charge in [0.05, 0.1) is 29.5 Å². The van der Waals surface area contributed by atoms with Gasteiger partial charge in [-0.25, -0.2) is 4.98 Å². The number of aryl methyl sites for hydroxylation is 1. The molecule has 7 nitrogen and oxygen atoms in total. The lowest BCUT2D eigenvalue weighted by atomic mass is 9.96. The lowest BCUT2D eigenvalue weighted by Crippen LogP contribution is -2.50. The number of nitrogens with one attached hydrogen (secondary N) is 2. The van der Waals surface area contributed by atoms with Crippen LogP contribution in [0.15, 0.2) is 24.3 Å². The highest BCUT2D eigenvalue weighted by Crippen LogP contribution is 2.28. The van der Waals surface area contributed by atoms with E-state index in [0.717, 1.165) is 61.1 Å². The third kappa shape index (κ3) is 5.39. The van der Waals surface area contributed by atoms with Crippen molar-refractivity contribution in [3.8, 4) is 0 Å². The molecule has 3 unspecified atom stereocenters. The van der Waals surface area contributed by atoms with Crippen LogP contribution in [0.1, 0.15) is 62.4 Å². The number of pyridine rings is 1. The van der Waals surface area contributed by atoms with Crippen LogP contribution in [0.25, 0.3) is 10.9 Å². The lowest BCUT2D eigenvalue weighted by Gasteiger charge is -2.39. The second-order valence-electron chi connectivity index (χ2n) is 9.67. The van der Waals surface area contributed by atoms with Crippen molar-refractivity contribution >= 4 is 22.6 Å². The molecule has 0 saturated carbocycles. The van der Waals surface area contributed by atoms with Crippen molar-refractivity contribution in [2.75, 3.05) is 18.0 Å². The molecule has 0 aliphatic carbocycles. The number of hydrogen-bond donors (Lipinski definition) is 3. The minimum absolute atomic E-state index is 0.170. The quantitative estimate of drug-likeness (QED) is 0.620. The molecule has 7 heteroatoms. The average molecular weight is 440 g/mol. The molecule has 0 bridgehead atoms. The number of carbonyl (C=O) groups is 1. The molecule has 32 heavy (non-hydrogen) atoms. The van der Waals surface area contributed by atoms with Crippen molar-refractivity contribution in [1.82, 2.24) is 15.6 Å². The second-order valence-corrected chi connectivity index (χ2v) is 9.67. The highest BCUT2D eigenvalue weighted by Gasteiger charge is 2.29. The molecule has 2 saturated heterocycles. The van der Waals surface area contributed by atoms with Crippen LogP contribution in [-0.4, -0.2) is 54.4 Å². The molecule has 1 amide bonds. The van der Waals surface area contributed by atoms with Gasteiger partial charge in [0.15, 0.2) is 0 Å². The summed E-state index contributed by atoms with van der Waals surface area (Å²) in [6.07, 6.45) is 4.41. The monoisotopic (exact) mass is 439 g/mol. The topological polar surface area (TPSA) is 92.5 Å². The molecular weight excluding hydrogens is 402 g/mol. The number of benzene rings is 1. The predicted molar refractivity (Wildman–Crippen MR) is 129 cm³/mol. The number of hydrogen-bond acceptors (Lipinski definition) is 6. The van der Waals surface area contributed by atoms with Crippen LogP contribution in [-0.2, 0) is 4.74 Å². The maximum absolute atomic E-state index is 13.0. The van der Waals surface area contributed by atoms with Crippen molar-refractivity contribution in [2.45, 2.75) is 83.8 Å². The summed E-state index contributed by atoms with van der Waals surface area (Å²) < 4.78 is 5.88. The normalized spacial score (nSPS) is 25.7. The molecule has 4 rings (SSSR count). The van der Waals surface area contributed by atoms with Crippen LogP contribution in [0, 0.1) is 6.92 Å². The van der Waals surface area contributed by atoms with E-state index in [-0.39, 0.29) is 5.91 Å². The molecule has 0 radical (unpaired) electrons. The van der Waals surface area contributed by atoms with Gasteiger partial charge in [0.2, 0.25) is 0 Å². The molecule has 174 valence electrons. The van der Waals surface area contributed by atoms with Gasteiger partial charge < -0.3 is 26.0 Å². The van der Waals surface area contributed by atoms with Crippen LogP contribution in [0.3, 0.4) is 0 Å². The predicted octanol–water partition coefficient (Wildman–Crippen LogP) is 3.09. The van der Waals surface area contributed by atoms with Gasteiger partial charge in [-0.1, -0.05) is 11.6 Å². The molecule has 2 aliphatic rings. The van der Waals surface area contributed by atoms with E-state index in [4.69, 9.17) is 15.5 Å². The summed E-state index contributed by atoms with van der Waals surface area (Å²) in [5, 5.41) is 7.68. The first-order chi connectivity index (χ1) is 15.3. The Morgan fingerprint density at radius 1 is 1.16 bits per heavy atom. The fourth-order valence-corrected chi connectivity index (χ4v) is 5.11. The first-order valence-electron chi connectivity index (χ1n) is 11.9. The minimum Gasteiger partial charge on any atom is -0.375 e. The Balaban J connectivity index is 1.50. The van der Waals surface area contributed by atoms with E-state index in [1.165, 1.54) is 0 Å². The van der Waals surface area contributed by atoms with E-state index < -0.39 is 6.17 Å². The molecule has 3 atom stereocenters. The number of ether oxygens (including phenoxy) is 1. The van der Waals surface area contributed by atoms with Gasteiger partial charge in [0.25, 0.3) is 5.91 Å². The number of aromatic nitrogens is 1. The summed E-state index contributed by atoms with van der Waals surface area (Å²) >= 11 is 0. The highest BCUT2D eigenvalue weighted by molar-refractivity contribution is 6.02. The number of amides is 1. The third-order valence-corrected chi connectivity index (χ3v) is 6.52. The fourth-order valence-electron chi connectivity index (χ4n) is 5.11. The first kappa shape index (κ1) is 23.0. The van der Waals surface area contributed by atoms with Crippen LogP contribution in [0.4, 0.5) is 5.82 Å². The Hall–Kier alpha value is -2.22. The number of anilines is 1. The van der Waals surface area contributed by atoms with Crippen molar-refractivity contribution in [3.63, 3.8) is 0 Å². The zero-order valence-corrected chi connectivity index (χ0v) is 19.7. The molecule has 2 fully saturated rings. The Bertz CT molecular complexity index is 945. The van der Waals surface area contributed by atoms with Crippen LogP contribution in [0.5, 0.6) is 0 Å². The summed E-state index contributed by atoms with van der Waals surface area (Å²) in [6, 6.07) is 9.12. The minimum atomic E-state index is -0.414. The second kappa shape index (κ2) is 9.73. The largest absolute Gasteiger partial charge is 0.375 e. The van der Waals surface area contributed by atoms with E-state index in [0.29, 0.717) is 29.9 Å². The maximum Gasteiger partial charge on any atom is 0.256 e. The number of carbonyl (C=O) groups excluding carboxylic acids is 1. The van der Waals surface area contributed by atoms with Gasteiger partial charge in [0.1, 0.15) is 5.82 Å². The number of nitrogens with two attached hydrogens (primary N) is 1. The molecule has 4 N–H and O–H groups in total. The average Bonchev–Trinajstić information content (AvgIpc) is 2.72. The highest BCUT2D eigenvalue weighted by atomic mass is 16.5. The van der Waals surface area contributed by atoms with Crippen LogP contribution < -0.4 is 21.3 Å². The van der Waals surface area contributed by atoms with Crippen LogP contribution in [0.2, 0.25) is 0 Å². The molecule has 3 heterocycles. The van der Waals surface area contributed by atoms with Gasteiger partial charge in [-0.3, -0.25) is 4.79 Å². The Kier molecular flexibility index (Phi) is 6.98. The molecule has 0 spiro atoms. The van der Waals surface area contributed by atoms with E-state index >= 15 is 0 Å². The van der Waals surface area contributed by atoms with Gasteiger partial charge >= 0.3 is 0 Å². The maximum atomic E-state index is 13.0. The third-order valence-electron chi connectivity index (χ3n) is 6.52. The fraction of sp³-hybridized carbons (Fsp3) is 0.600. The molecule has 1 aromatic heterocycles. The first-order valence-corrected chi connectivity index (χ1v) is 11.9. The van der Waals surface area contributed by atoms with Gasteiger partial charge in [-0.2, -0.15) is 0 Å². The summed E-state index contributed by atoms with van der Waals surface area (Å²) in [5.74, 6) is 0.586. The van der Waals surface area contributed by atoms with Crippen molar-refractivity contribution < 1.29 is 9.53 Å².